The van der Waals surface area contributed by atoms with Gasteiger partial charge in [-0.15, -0.1) is 10.2 Å². The molecule has 0 saturated carbocycles. The van der Waals surface area contributed by atoms with Crippen LogP contribution in [0.4, 0.5) is 5.13 Å². The maximum Gasteiger partial charge on any atom is 0.229 e. The molecule has 1 aromatic carbocycles. The van der Waals surface area contributed by atoms with Crippen molar-refractivity contribution in [2.75, 3.05) is 24.7 Å². The third-order valence-corrected chi connectivity index (χ3v) is 5.38. The lowest BCUT2D eigenvalue weighted by atomic mass is 10.1. The number of carbonyl (C=O) groups excluding carboxylic acids is 2. The number of nitrogens with zero attached hydrogens (tertiary/aromatic N) is 3. The Hall–Kier alpha value is -2.68. The summed E-state index contributed by atoms with van der Waals surface area (Å²) in [4.78, 5) is 26.3. The van der Waals surface area contributed by atoms with Crippen molar-refractivity contribution in [2.45, 2.75) is 26.3 Å². The molecule has 3 heterocycles. The predicted molar refractivity (Wildman–Crippen MR) is 99.0 cm³/mol. The SMILES string of the molecule is Cc1nnc(N2CC(C(=O)NCc3ccc4c(c3)OCCCO4)CC2=O)s1. The standard InChI is InChI=1S/C18H20N4O4S/c1-11-20-21-18(27-11)22-10-13(8-16(22)23)17(24)19-9-12-3-4-14-15(7-12)26-6-2-5-25-14/h3-4,7,13H,2,5-6,8-10H2,1H3,(H,19,24). The second-order valence-electron chi connectivity index (χ2n) is 6.56. The van der Waals surface area contributed by atoms with Gasteiger partial charge in [-0.05, 0) is 24.6 Å². The van der Waals surface area contributed by atoms with E-state index in [1.54, 1.807) is 4.90 Å². The first-order valence-corrected chi connectivity index (χ1v) is 9.68. The highest BCUT2D eigenvalue weighted by atomic mass is 32.1. The Bertz CT molecular complexity index is 869. The first-order chi connectivity index (χ1) is 13.1. The average Bonchev–Trinajstić information content (AvgIpc) is 3.17. The lowest BCUT2D eigenvalue weighted by Gasteiger charge is -2.13. The van der Waals surface area contributed by atoms with Gasteiger partial charge in [-0.25, -0.2) is 0 Å². The first kappa shape index (κ1) is 17.7. The van der Waals surface area contributed by atoms with Crippen LogP contribution in [0.15, 0.2) is 18.2 Å². The van der Waals surface area contributed by atoms with E-state index in [2.05, 4.69) is 15.5 Å². The van der Waals surface area contributed by atoms with Gasteiger partial charge in [0.25, 0.3) is 0 Å². The second kappa shape index (κ2) is 7.51. The lowest BCUT2D eigenvalue weighted by Crippen LogP contribution is -2.32. The number of anilines is 1. The lowest BCUT2D eigenvalue weighted by molar-refractivity contribution is -0.126. The molecule has 27 heavy (non-hydrogen) atoms. The van der Waals surface area contributed by atoms with Crippen molar-refractivity contribution < 1.29 is 19.1 Å². The third kappa shape index (κ3) is 3.87. The van der Waals surface area contributed by atoms with E-state index < -0.39 is 0 Å². The largest absolute Gasteiger partial charge is 0.490 e. The Morgan fingerprint density at radius 2 is 2.11 bits per heavy atom. The number of carbonyl (C=O) groups is 2. The summed E-state index contributed by atoms with van der Waals surface area (Å²) in [6.07, 6.45) is 1.03. The van der Waals surface area contributed by atoms with Gasteiger partial charge in [0.1, 0.15) is 5.01 Å². The molecule has 1 unspecified atom stereocenters. The number of nitrogens with one attached hydrogen (secondary N) is 1. The van der Waals surface area contributed by atoms with Crippen molar-refractivity contribution >= 4 is 28.3 Å². The van der Waals surface area contributed by atoms with Crippen LogP contribution in [0, 0.1) is 12.8 Å². The van der Waals surface area contributed by atoms with Crippen LogP contribution in [-0.2, 0) is 16.1 Å². The van der Waals surface area contributed by atoms with Crippen LogP contribution in [0.2, 0.25) is 0 Å². The van der Waals surface area contributed by atoms with E-state index in [4.69, 9.17) is 9.47 Å². The molecule has 2 aromatic rings. The molecule has 9 heteroatoms. The molecule has 1 atom stereocenters. The Labute approximate surface area is 160 Å². The molecular formula is C18H20N4O4S. The molecule has 0 aliphatic carbocycles. The van der Waals surface area contributed by atoms with Gasteiger partial charge < -0.3 is 14.8 Å². The summed E-state index contributed by atoms with van der Waals surface area (Å²) in [7, 11) is 0. The zero-order valence-electron chi connectivity index (χ0n) is 14.9. The number of hydrogen-bond acceptors (Lipinski definition) is 7. The number of aryl methyl sites for hydroxylation is 1. The molecule has 1 saturated heterocycles. The summed E-state index contributed by atoms with van der Waals surface area (Å²) in [5.74, 6) is 0.809. The Morgan fingerprint density at radius 3 is 2.89 bits per heavy atom. The summed E-state index contributed by atoms with van der Waals surface area (Å²) in [5, 5.41) is 12.2. The summed E-state index contributed by atoms with van der Waals surface area (Å²) >= 11 is 1.35. The van der Waals surface area contributed by atoms with Crippen molar-refractivity contribution in [3.63, 3.8) is 0 Å². The van der Waals surface area contributed by atoms with Gasteiger partial charge in [0.05, 0.1) is 19.1 Å². The molecule has 142 valence electrons. The minimum atomic E-state index is -0.387. The molecule has 0 radical (unpaired) electrons. The highest BCUT2D eigenvalue weighted by molar-refractivity contribution is 7.15. The topological polar surface area (TPSA) is 93.7 Å². The molecule has 1 N–H and O–H groups in total. The number of ether oxygens (including phenoxy) is 2. The van der Waals surface area contributed by atoms with E-state index in [0.717, 1.165) is 22.7 Å². The normalized spacial score (nSPS) is 19.1. The van der Waals surface area contributed by atoms with Gasteiger partial charge in [0, 0.05) is 25.9 Å². The average molecular weight is 388 g/mol. The van der Waals surface area contributed by atoms with E-state index >= 15 is 0 Å². The Kier molecular flexibility index (Phi) is 4.93. The monoisotopic (exact) mass is 388 g/mol. The van der Waals surface area contributed by atoms with Crippen LogP contribution in [0.25, 0.3) is 0 Å². The number of hydrogen-bond donors (Lipinski definition) is 1. The van der Waals surface area contributed by atoms with Gasteiger partial charge >= 0.3 is 0 Å². The fraction of sp³-hybridized carbons (Fsp3) is 0.444. The van der Waals surface area contributed by atoms with Crippen LogP contribution >= 0.6 is 11.3 Å². The summed E-state index contributed by atoms with van der Waals surface area (Å²) in [6, 6.07) is 5.65. The third-order valence-electron chi connectivity index (χ3n) is 4.52. The number of benzene rings is 1. The van der Waals surface area contributed by atoms with Gasteiger partial charge in [-0.3, -0.25) is 14.5 Å². The van der Waals surface area contributed by atoms with Crippen molar-refractivity contribution in [1.82, 2.24) is 15.5 Å². The minimum absolute atomic E-state index is 0.0955. The fourth-order valence-corrected chi connectivity index (χ4v) is 3.83. The number of amides is 2. The zero-order chi connectivity index (χ0) is 18.8. The van der Waals surface area contributed by atoms with Gasteiger partial charge in [-0.1, -0.05) is 17.4 Å². The van der Waals surface area contributed by atoms with Crippen LogP contribution < -0.4 is 19.7 Å². The van der Waals surface area contributed by atoms with Gasteiger partial charge in [0.15, 0.2) is 11.5 Å². The predicted octanol–water partition coefficient (Wildman–Crippen LogP) is 1.68. The van der Waals surface area contributed by atoms with Crippen LogP contribution in [-0.4, -0.2) is 41.8 Å². The highest BCUT2D eigenvalue weighted by Crippen LogP contribution is 2.31. The van der Waals surface area contributed by atoms with Crippen LogP contribution in [0.3, 0.4) is 0 Å². The van der Waals surface area contributed by atoms with E-state index in [-0.39, 0.29) is 24.2 Å². The minimum Gasteiger partial charge on any atom is -0.490 e. The molecule has 4 rings (SSSR count). The molecule has 2 aliphatic heterocycles. The molecular weight excluding hydrogens is 368 g/mol. The fourth-order valence-electron chi connectivity index (χ4n) is 3.11. The van der Waals surface area contributed by atoms with Gasteiger partial charge in [-0.2, -0.15) is 0 Å². The van der Waals surface area contributed by atoms with E-state index in [9.17, 15) is 9.59 Å². The smallest absolute Gasteiger partial charge is 0.229 e. The number of fused-ring (bicyclic) bond motifs is 1. The molecule has 1 aromatic heterocycles. The molecule has 0 spiro atoms. The Balaban J connectivity index is 1.36. The summed E-state index contributed by atoms with van der Waals surface area (Å²) in [5.41, 5.74) is 0.925. The molecule has 0 bridgehead atoms. The van der Waals surface area contributed by atoms with Crippen molar-refractivity contribution in [1.29, 1.82) is 0 Å². The molecule has 2 amide bonds. The van der Waals surface area contributed by atoms with Gasteiger partial charge in [0.2, 0.25) is 16.9 Å². The first-order valence-electron chi connectivity index (χ1n) is 8.87. The molecule has 1 fully saturated rings. The van der Waals surface area contributed by atoms with Crippen molar-refractivity contribution in [2.24, 2.45) is 5.92 Å². The maximum absolute atomic E-state index is 12.5. The van der Waals surface area contributed by atoms with Crippen LogP contribution in [0.5, 0.6) is 11.5 Å². The maximum atomic E-state index is 12.5. The highest BCUT2D eigenvalue weighted by Gasteiger charge is 2.36. The van der Waals surface area contributed by atoms with Crippen LogP contribution in [0.1, 0.15) is 23.4 Å². The van der Waals surface area contributed by atoms with Crippen molar-refractivity contribution in [3.8, 4) is 11.5 Å². The second-order valence-corrected chi connectivity index (χ2v) is 7.72. The number of aromatic nitrogens is 2. The number of rotatable bonds is 4. The molecule has 8 nitrogen and oxygen atoms in total. The summed E-state index contributed by atoms with van der Waals surface area (Å²) < 4.78 is 11.3. The Morgan fingerprint density at radius 1 is 1.30 bits per heavy atom. The van der Waals surface area contributed by atoms with E-state index in [1.807, 2.05) is 25.1 Å². The molecule has 2 aliphatic rings. The summed E-state index contributed by atoms with van der Waals surface area (Å²) in [6.45, 7) is 3.80. The quantitative estimate of drug-likeness (QED) is 0.857. The zero-order valence-corrected chi connectivity index (χ0v) is 15.8. The van der Waals surface area contributed by atoms with E-state index in [1.165, 1.54) is 11.3 Å². The van der Waals surface area contributed by atoms with Crippen molar-refractivity contribution in [3.05, 3.63) is 28.8 Å². The van der Waals surface area contributed by atoms with E-state index in [0.29, 0.717) is 37.2 Å².